The highest BCUT2D eigenvalue weighted by molar-refractivity contribution is 5.98. The summed E-state index contributed by atoms with van der Waals surface area (Å²) in [5.74, 6) is -0.213. The number of carbonyl (C=O) groups excluding carboxylic acids is 2. The molecule has 2 saturated heterocycles. The van der Waals surface area contributed by atoms with E-state index in [4.69, 9.17) is 0 Å². The molecule has 126 valence electrons. The Kier molecular flexibility index (Phi) is 3.57. The molecule has 0 aliphatic carbocycles. The summed E-state index contributed by atoms with van der Waals surface area (Å²) in [6, 6.07) is 7.54. The molecule has 1 spiro atoms. The molecule has 2 amide bonds. The highest BCUT2D eigenvalue weighted by Gasteiger charge is 2.50. The van der Waals surface area contributed by atoms with Gasteiger partial charge in [0.2, 0.25) is 5.91 Å². The molecule has 1 aromatic heterocycles. The van der Waals surface area contributed by atoms with Crippen LogP contribution in [0.15, 0.2) is 30.5 Å². The number of amides is 2. The van der Waals surface area contributed by atoms with Crippen molar-refractivity contribution in [2.24, 2.45) is 5.41 Å². The van der Waals surface area contributed by atoms with E-state index >= 15 is 0 Å². The number of nitrogens with zero attached hydrogens (tertiary/aromatic N) is 1. The van der Waals surface area contributed by atoms with Crippen molar-refractivity contribution in [3.05, 3.63) is 36.0 Å². The van der Waals surface area contributed by atoms with Crippen LogP contribution < -0.4 is 5.32 Å². The summed E-state index contributed by atoms with van der Waals surface area (Å²) in [5.41, 5.74) is 0.665. The SMILES string of the molecule is O=C(c1ccc2cc[nH]c2c1)N1CC[C@H](O)[C@@]2(CCCNC2=O)C1. The zero-order valence-electron chi connectivity index (χ0n) is 13.4. The first-order valence-electron chi connectivity index (χ1n) is 8.43. The van der Waals surface area contributed by atoms with E-state index in [1.807, 2.05) is 30.5 Å². The van der Waals surface area contributed by atoms with E-state index in [0.717, 1.165) is 17.3 Å². The number of H-pyrrole nitrogens is 1. The number of benzene rings is 1. The van der Waals surface area contributed by atoms with Gasteiger partial charge in [0.25, 0.3) is 5.91 Å². The van der Waals surface area contributed by atoms with Gasteiger partial charge >= 0.3 is 0 Å². The minimum Gasteiger partial charge on any atom is -0.392 e. The molecule has 0 unspecified atom stereocenters. The molecule has 6 heteroatoms. The summed E-state index contributed by atoms with van der Waals surface area (Å²) in [7, 11) is 0. The van der Waals surface area contributed by atoms with Gasteiger partial charge < -0.3 is 20.3 Å². The number of aromatic amines is 1. The molecule has 6 nitrogen and oxygen atoms in total. The summed E-state index contributed by atoms with van der Waals surface area (Å²) in [6.07, 6.45) is 3.05. The van der Waals surface area contributed by atoms with Crippen molar-refractivity contribution < 1.29 is 14.7 Å². The molecule has 0 saturated carbocycles. The van der Waals surface area contributed by atoms with Crippen molar-refractivity contribution in [3.63, 3.8) is 0 Å². The number of likely N-dealkylation sites (tertiary alicyclic amines) is 1. The summed E-state index contributed by atoms with van der Waals surface area (Å²) in [5, 5.41) is 14.3. The zero-order chi connectivity index (χ0) is 16.7. The van der Waals surface area contributed by atoms with Crippen LogP contribution in [0.3, 0.4) is 0 Å². The topological polar surface area (TPSA) is 85.4 Å². The Labute approximate surface area is 139 Å². The fraction of sp³-hybridized carbons (Fsp3) is 0.444. The molecule has 3 N–H and O–H groups in total. The Balaban J connectivity index is 1.61. The number of nitrogens with one attached hydrogen (secondary N) is 2. The molecular formula is C18H21N3O3. The smallest absolute Gasteiger partial charge is 0.253 e. The van der Waals surface area contributed by atoms with Crippen LogP contribution in [0.25, 0.3) is 10.9 Å². The second-order valence-corrected chi connectivity index (χ2v) is 6.83. The standard InChI is InChI=1S/C18H21N3O3/c22-15-5-9-21(11-18(15)6-1-7-20-17(18)24)16(23)13-3-2-12-4-8-19-14(12)10-13/h2-4,8,10,15,19,22H,1,5-7,9,11H2,(H,20,24)/t15-,18+/m0/s1. The van der Waals surface area contributed by atoms with E-state index in [1.165, 1.54) is 0 Å². The lowest BCUT2D eigenvalue weighted by molar-refractivity contribution is -0.147. The third-order valence-corrected chi connectivity index (χ3v) is 5.41. The van der Waals surface area contributed by atoms with Crippen molar-refractivity contribution in [1.82, 2.24) is 15.2 Å². The van der Waals surface area contributed by atoms with E-state index in [-0.39, 0.29) is 18.4 Å². The number of aliphatic hydroxyl groups is 1. The maximum atomic E-state index is 12.9. The van der Waals surface area contributed by atoms with E-state index in [9.17, 15) is 14.7 Å². The Hall–Kier alpha value is -2.34. The minimum absolute atomic E-state index is 0.0869. The molecule has 2 atom stereocenters. The number of hydrogen-bond acceptors (Lipinski definition) is 3. The predicted octanol–water partition coefficient (Wildman–Crippen LogP) is 1.27. The van der Waals surface area contributed by atoms with E-state index in [0.29, 0.717) is 31.5 Å². The molecule has 4 rings (SSSR count). The largest absolute Gasteiger partial charge is 0.392 e. The Morgan fingerprint density at radius 2 is 2.21 bits per heavy atom. The normalized spacial score (nSPS) is 27.5. The maximum absolute atomic E-state index is 12.9. The number of rotatable bonds is 1. The van der Waals surface area contributed by atoms with Gasteiger partial charge in [-0.1, -0.05) is 6.07 Å². The van der Waals surface area contributed by atoms with Crippen LogP contribution in [0.4, 0.5) is 0 Å². The van der Waals surface area contributed by atoms with Crippen LogP contribution in [0.1, 0.15) is 29.6 Å². The van der Waals surface area contributed by atoms with E-state index in [2.05, 4.69) is 10.3 Å². The summed E-state index contributed by atoms with van der Waals surface area (Å²) >= 11 is 0. The number of piperidine rings is 2. The lowest BCUT2D eigenvalue weighted by Crippen LogP contribution is -2.62. The number of hydrogen-bond donors (Lipinski definition) is 3. The molecular weight excluding hydrogens is 306 g/mol. The van der Waals surface area contributed by atoms with Crippen molar-refractivity contribution in [2.45, 2.75) is 25.4 Å². The maximum Gasteiger partial charge on any atom is 0.253 e. The monoisotopic (exact) mass is 327 g/mol. The highest BCUT2D eigenvalue weighted by Crippen LogP contribution is 2.37. The fourth-order valence-corrected chi connectivity index (χ4v) is 3.98. The molecule has 3 heterocycles. The number of carbonyl (C=O) groups is 2. The lowest BCUT2D eigenvalue weighted by Gasteiger charge is -2.46. The van der Waals surface area contributed by atoms with Gasteiger partial charge in [0, 0.05) is 36.9 Å². The fourth-order valence-electron chi connectivity index (χ4n) is 3.98. The second kappa shape index (κ2) is 5.63. The van der Waals surface area contributed by atoms with Crippen LogP contribution in [0.5, 0.6) is 0 Å². The highest BCUT2D eigenvalue weighted by atomic mass is 16.3. The predicted molar refractivity (Wildman–Crippen MR) is 89.5 cm³/mol. The molecule has 2 aromatic rings. The summed E-state index contributed by atoms with van der Waals surface area (Å²) in [4.78, 5) is 30.1. The van der Waals surface area contributed by atoms with Gasteiger partial charge in [-0.05, 0) is 42.8 Å². The average Bonchev–Trinajstić information content (AvgIpc) is 3.06. The van der Waals surface area contributed by atoms with Gasteiger partial charge in [-0.15, -0.1) is 0 Å². The molecule has 2 aliphatic rings. The van der Waals surface area contributed by atoms with Gasteiger partial charge in [0.05, 0.1) is 11.5 Å². The second-order valence-electron chi connectivity index (χ2n) is 6.83. The zero-order valence-corrected chi connectivity index (χ0v) is 13.4. The van der Waals surface area contributed by atoms with Crippen LogP contribution in [0, 0.1) is 5.41 Å². The molecule has 1 aromatic carbocycles. The van der Waals surface area contributed by atoms with Crippen LogP contribution in [0.2, 0.25) is 0 Å². The molecule has 2 fully saturated rings. The van der Waals surface area contributed by atoms with Gasteiger partial charge in [-0.2, -0.15) is 0 Å². The average molecular weight is 327 g/mol. The van der Waals surface area contributed by atoms with Crippen LogP contribution >= 0.6 is 0 Å². The third-order valence-electron chi connectivity index (χ3n) is 5.41. The Morgan fingerprint density at radius 1 is 1.33 bits per heavy atom. The molecule has 0 bridgehead atoms. The van der Waals surface area contributed by atoms with Crippen LogP contribution in [-0.2, 0) is 4.79 Å². The van der Waals surface area contributed by atoms with Gasteiger partial charge in [-0.25, -0.2) is 0 Å². The molecule has 2 aliphatic heterocycles. The van der Waals surface area contributed by atoms with Crippen molar-refractivity contribution >= 4 is 22.7 Å². The van der Waals surface area contributed by atoms with E-state index in [1.54, 1.807) is 4.90 Å². The Morgan fingerprint density at radius 3 is 3.04 bits per heavy atom. The van der Waals surface area contributed by atoms with Crippen molar-refractivity contribution in [3.8, 4) is 0 Å². The third kappa shape index (κ3) is 2.29. The number of fused-ring (bicyclic) bond motifs is 1. The first-order chi connectivity index (χ1) is 11.6. The number of aliphatic hydroxyl groups excluding tert-OH is 1. The summed E-state index contributed by atoms with van der Waals surface area (Å²) < 4.78 is 0. The molecule has 0 radical (unpaired) electrons. The quantitative estimate of drug-likeness (QED) is 0.737. The Bertz CT molecular complexity index is 800. The minimum atomic E-state index is -0.858. The van der Waals surface area contributed by atoms with Gasteiger partial charge in [0.1, 0.15) is 0 Å². The first kappa shape index (κ1) is 15.2. The van der Waals surface area contributed by atoms with Gasteiger partial charge in [0.15, 0.2) is 0 Å². The van der Waals surface area contributed by atoms with Crippen molar-refractivity contribution in [1.29, 1.82) is 0 Å². The van der Waals surface area contributed by atoms with Crippen LogP contribution in [-0.4, -0.2) is 52.5 Å². The van der Waals surface area contributed by atoms with E-state index < -0.39 is 11.5 Å². The molecule has 24 heavy (non-hydrogen) atoms. The lowest BCUT2D eigenvalue weighted by atomic mass is 9.71. The number of aromatic nitrogens is 1. The van der Waals surface area contributed by atoms with Gasteiger partial charge in [-0.3, -0.25) is 9.59 Å². The first-order valence-corrected chi connectivity index (χ1v) is 8.43. The summed E-state index contributed by atoms with van der Waals surface area (Å²) in [6.45, 7) is 1.39. The van der Waals surface area contributed by atoms with Crippen molar-refractivity contribution in [2.75, 3.05) is 19.6 Å².